The topological polar surface area (TPSA) is 58.1 Å². The van der Waals surface area contributed by atoms with Gasteiger partial charge in [-0.2, -0.15) is 0 Å². The SMILES string of the molecule is CNc1cc([C@@H]2CCCN2C(=O)c2ccc3ccccc3n2)ccn1. The van der Waals surface area contributed by atoms with Crippen LogP contribution >= 0.6 is 0 Å². The number of rotatable bonds is 3. The van der Waals surface area contributed by atoms with Gasteiger partial charge in [0, 0.05) is 25.2 Å². The van der Waals surface area contributed by atoms with Crippen molar-refractivity contribution in [3.8, 4) is 0 Å². The van der Waals surface area contributed by atoms with Gasteiger partial charge >= 0.3 is 0 Å². The van der Waals surface area contributed by atoms with Crippen molar-refractivity contribution in [2.45, 2.75) is 18.9 Å². The molecule has 0 aliphatic carbocycles. The molecule has 5 heteroatoms. The summed E-state index contributed by atoms with van der Waals surface area (Å²) < 4.78 is 0. The van der Waals surface area contributed by atoms with Gasteiger partial charge in [0.2, 0.25) is 0 Å². The Bertz CT molecular complexity index is 924. The molecule has 1 aromatic carbocycles. The van der Waals surface area contributed by atoms with E-state index in [1.807, 2.05) is 60.5 Å². The molecule has 3 aromatic rings. The normalized spacial score (nSPS) is 17.0. The predicted molar refractivity (Wildman–Crippen MR) is 98.5 cm³/mol. The number of hydrogen-bond donors (Lipinski definition) is 1. The van der Waals surface area contributed by atoms with E-state index in [0.717, 1.165) is 41.7 Å². The average molecular weight is 332 g/mol. The second-order valence-electron chi connectivity index (χ2n) is 6.27. The summed E-state index contributed by atoms with van der Waals surface area (Å²) in [6.45, 7) is 0.759. The molecule has 0 radical (unpaired) electrons. The van der Waals surface area contributed by atoms with E-state index in [4.69, 9.17) is 0 Å². The molecule has 25 heavy (non-hydrogen) atoms. The Kier molecular flexibility index (Phi) is 4.06. The zero-order valence-corrected chi connectivity index (χ0v) is 14.1. The molecule has 1 aliphatic heterocycles. The number of para-hydroxylation sites is 1. The summed E-state index contributed by atoms with van der Waals surface area (Å²) >= 11 is 0. The molecule has 1 N–H and O–H groups in total. The van der Waals surface area contributed by atoms with Crippen molar-refractivity contribution in [3.05, 3.63) is 66.0 Å². The van der Waals surface area contributed by atoms with Crippen molar-refractivity contribution in [2.75, 3.05) is 18.9 Å². The maximum absolute atomic E-state index is 13.1. The molecular weight excluding hydrogens is 312 g/mol. The fourth-order valence-electron chi connectivity index (χ4n) is 3.48. The molecule has 1 aliphatic rings. The summed E-state index contributed by atoms with van der Waals surface area (Å²) in [7, 11) is 1.85. The van der Waals surface area contributed by atoms with Gasteiger partial charge in [0.05, 0.1) is 11.6 Å². The standard InChI is InChI=1S/C20H20N4O/c1-21-19-13-15(10-11-22-19)18-7-4-12-24(18)20(25)17-9-8-14-5-2-3-6-16(14)23-17/h2-3,5-6,8-11,13,18H,4,7,12H2,1H3,(H,21,22)/t18-/m0/s1. The Morgan fingerprint density at radius 3 is 2.96 bits per heavy atom. The summed E-state index contributed by atoms with van der Waals surface area (Å²) in [6, 6.07) is 15.7. The van der Waals surface area contributed by atoms with E-state index in [9.17, 15) is 4.79 Å². The number of fused-ring (bicyclic) bond motifs is 1. The van der Waals surface area contributed by atoms with Crippen LogP contribution in [-0.4, -0.2) is 34.4 Å². The minimum Gasteiger partial charge on any atom is -0.373 e. The number of pyridine rings is 2. The summed E-state index contributed by atoms with van der Waals surface area (Å²) in [5.74, 6) is 0.816. The highest BCUT2D eigenvalue weighted by molar-refractivity contribution is 5.95. The summed E-state index contributed by atoms with van der Waals surface area (Å²) in [5.41, 5.74) is 2.48. The molecule has 0 saturated carbocycles. The molecule has 5 nitrogen and oxygen atoms in total. The van der Waals surface area contributed by atoms with Crippen LogP contribution in [0.5, 0.6) is 0 Å². The van der Waals surface area contributed by atoms with Gasteiger partial charge in [-0.15, -0.1) is 0 Å². The number of anilines is 1. The maximum atomic E-state index is 13.1. The van der Waals surface area contributed by atoms with Crippen molar-refractivity contribution in [2.24, 2.45) is 0 Å². The van der Waals surface area contributed by atoms with Gasteiger partial charge in [0.1, 0.15) is 11.5 Å². The Hall–Kier alpha value is -2.95. The van der Waals surface area contributed by atoms with Crippen LogP contribution in [0.2, 0.25) is 0 Å². The number of benzene rings is 1. The number of carbonyl (C=O) groups is 1. The van der Waals surface area contributed by atoms with Crippen LogP contribution in [0.4, 0.5) is 5.82 Å². The van der Waals surface area contributed by atoms with Crippen molar-refractivity contribution < 1.29 is 4.79 Å². The van der Waals surface area contributed by atoms with E-state index in [1.54, 1.807) is 6.20 Å². The number of hydrogen-bond acceptors (Lipinski definition) is 4. The van der Waals surface area contributed by atoms with E-state index in [0.29, 0.717) is 5.69 Å². The monoisotopic (exact) mass is 332 g/mol. The van der Waals surface area contributed by atoms with E-state index < -0.39 is 0 Å². The maximum Gasteiger partial charge on any atom is 0.272 e. The number of nitrogens with one attached hydrogen (secondary N) is 1. The number of nitrogens with zero attached hydrogens (tertiary/aromatic N) is 3. The summed E-state index contributed by atoms with van der Waals surface area (Å²) in [5, 5.41) is 4.11. The van der Waals surface area contributed by atoms with Crippen molar-refractivity contribution in [1.29, 1.82) is 0 Å². The lowest BCUT2D eigenvalue weighted by atomic mass is 10.1. The van der Waals surface area contributed by atoms with Crippen molar-refractivity contribution in [3.63, 3.8) is 0 Å². The highest BCUT2D eigenvalue weighted by Gasteiger charge is 2.31. The lowest BCUT2D eigenvalue weighted by Gasteiger charge is -2.25. The zero-order valence-electron chi connectivity index (χ0n) is 14.1. The largest absolute Gasteiger partial charge is 0.373 e. The first-order valence-corrected chi connectivity index (χ1v) is 8.57. The Balaban J connectivity index is 1.65. The van der Waals surface area contributed by atoms with Crippen LogP contribution in [0.15, 0.2) is 54.7 Å². The quantitative estimate of drug-likeness (QED) is 0.795. The minimum absolute atomic E-state index is 0.00364. The third kappa shape index (κ3) is 2.93. The van der Waals surface area contributed by atoms with Gasteiger partial charge in [-0.05, 0) is 42.7 Å². The van der Waals surface area contributed by atoms with Gasteiger partial charge in [0.15, 0.2) is 0 Å². The van der Waals surface area contributed by atoms with E-state index >= 15 is 0 Å². The number of amides is 1. The molecule has 2 aromatic heterocycles. The van der Waals surface area contributed by atoms with Crippen molar-refractivity contribution in [1.82, 2.24) is 14.9 Å². The Labute approximate surface area is 146 Å². The van der Waals surface area contributed by atoms with E-state index in [2.05, 4.69) is 15.3 Å². The van der Waals surface area contributed by atoms with Crippen LogP contribution in [0, 0.1) is 0 Å². The Morgan fingerprint density at radius 1 is 1.20 bits per heavy atom. The van der Waals surface area contributed by atoms with Crippen LogP contribution in [0.3, 0.4) is 0 Å². The van der Waals surface area contributed by atoms with Gasteiger partial charge in [-0.1, -0.05) is 24.3 Å². The van der Waals surface area contributed by atoms with Gasteiger partial charge in [-0.25, -0.2) is 9.97 Å². The zero-order chi connectivity index (χ0) is 17.2. The van der Waals surface area contributed by atoms with Gasteiger partial charge < -0.3 is 10.2 Å². The van der Waals surface area contributed by atoms with E-state index in [1.165, 1.54) is 0 Å². The second-order valence-corrected chi connectivity index (χ2v) is 6.27. The lowest BCUT2D eigenvalue weighted by molar-refractivity contribution is 0.0730. The van der Waals surface area contributed by atoms with Crippen LogP contribution in [0.25, 0.3) is 10.9 Å². The molecule has 0 bridgehead atoms. The molecule has 1 amide bonds. The molecule has 126 valence electrons. The summed E-state index contributed by atoms with van der Waals surface area (Å²) in [4.78, 5) is 23.8. The molecule has 1 atom stereocenters. The number of likely N-dealkylation sites (tertiary alicyclic amines) is 1. The fraction of sp³-hybridized carbons (Fsp3) is 0.250. The van der Waals surface area contributed by atoms with Gasteiger partial charge in [-0.3, -0.25) is 4.79 Å². The molecule has 0 spiro atoms. The number of aromatic nitrogens is 2. The molecular formula is C20H20N4O. The third-order valence-corrected chi connectivity index (χ3v) is 4.76. The number of carbonyl (C=O) groups excluding carboxylic acids is 1. The van der Waals surface area contributed by atoms with E-state index in [-0.39, 0.29) is 11.9 Å². The smallest absolute Gasteiger partial charge is 0.272 e. The van der Waals surface area contributed by atoms with Crippen molar-refractivity contribution >= 4 is 22.6 Å². The summed E-state index contributed by atoms with van der Waals surface area (Å²) in [6.07, 6.45) is 3.75. The highest BCUT2D eigenvalue weighted by atomic mass is 16.2. The molecule has 3 heterocycles. The molecule has 4 rings (SSSR count). The minimum atomic E-state index is -0.00364. The van der Waals surface area contributed by atoms with Crippen LogP contribution in [-0.2, 0) is 0 Å². The fourth-order valence-corrected chi connectivity index (χ4v) is 3.48. The van der Waals surface area contributed by atoms with Crippen LogP contribution in [0.1, 0.15) is 34.9 Å². The molecule has 1 fully saturated rings. The van der Waals surface area contributed by atoms with Crippen LogP contribution < -0.4 is 5.32 Å². The Morgan fingerprint density at radius 2 is 2.08 bits per heavy atom. The highest BCUT2D eigenvalue weighted by Crippen LogP contribution is 2.33. The first kappa shape index (κ1) is 15.6. The third-order valence-electron chi connectivity index (χ3n) is 4.76. The first-order chi connectivity index (χ1) is 12.3. The second kappa shape index (κ2) is 6.51. The molecule has 1 saturated heterocycles. The molecule has 0 unspecified atom stereocenters. The average Bonchev–Trinajstić information content (AvgIpc) is 3.17. The first-order valence-electron chi connectivity index (χ1n) is 8.57. The van der Waals surface area contributed by atoms with Gasteiger partial charge in [0.25, 0.3) is 5.91 Å². The predicted octanol–water partition coefficient (Wildman–Crippen LogP) is 3.65. The lowest BCUT2D eigenvalue weighted by Crippen LogP contribution is -2.31.